The lowest BCUT2D eigenvalue weighted by molar-refractivity contribution is 0.0924. The number of hydrogen-bond acceptors (Lipinski definition) is 4. The molecule has 1 aromatic heterocycles. The molecule has 20 heavy (non-hydrogen) atoms. The highest BCUT2D eigenvalue weighted by Gasteiger charge is 2.26. The molecule has 0 spiro atoms. The van der Waals surface area contributed by atoms with Crippen molar-refractivity contribution in [3.63, 3.8) is 0 Å². The van der Waals surface area contributed by atoms with Crippen LogP contribution in [0.4, 0.5) is 5.69 Å². The van der Waals surface area contributed by atoms with Gasteiger partial charge in [0.05, 0.1) is 0 Å². The smallest absolute Gasteiger partial charge is 0.270 e. The van der Waals surface area contributed by atoms with Gasteiger partial charge >= 0.3 is 0 Å². The third-order valence-corrected chi connectivity index (χ3v) is 4.87. The molecule has 1 aliphatic carbocycles. The molecule has 2 rings (SSSR count). The molecule has 2 N–H and O–H groups in total. The van der Waals surface area contributed by atoms with E-state index in [0.29, 0.717) is 10.9 Å². The molecule has 2 unspecified atom stereocenters. The van der Waals surface area contributed by atoms with Crippen LogP contribution in [-0.2, 0) is 0 Å². The van der Waals surface area contributed by atoms with Gasteiger partial charge in [-0.3, -0.25) is 9.78 Å². The monoisotopic (exact) mass is 293 g/mol. The molecular weight excluding hydrogens is 270 g/mol. The zero-order valence-electron chi connectivity index (χ0n) is 12.2. The summed E-state index contributed by atoms with van der Waals surface area (Å²) in [5.41, 5.74) is 1.44. The highest BCUT2D eigenvalue weighted by atomic mass is 32.2. The zero-order valence-corrected chi connectivity index (χ0v) is 13.0. The number of rotatable bonds is 5. The van der Waals surface area contributed by atoms with Crippen LogP contribution in [0, 0.1) is 0 Å². The summed E-state index contributed by atoms with van der Waals surface area (Å²) in [6.07, 6.45) is 8.54. The summed E-state index contributed by atoms with van der Waals surface area (Å²) in [6.45, 7) is 2.87. The second-order valence-corrected chi connectivity index (χ2v) is 6.18. The summed E-state index contributed by atoms with van der Waals surface area (Å²) in [5, 5.41) is 6.89. The first-order valence-corrected chi connectivity index (χ1v) is 8.57. The molecular formula is C15H23N3OS. The summed E-state index contributed by atoms with van der Waals surface area (Å²) in [6, 6.07) is 3.97. The van der Waals surface area contributed by atoms with Gasteiger partial charge in [-0.05, 0) is 38.2 Å². The van der Waals surface area contributed by atoms with Crippen molar-refractivity contribution in [1.82, 2.24) is 10.3 Å². The maximum Gasteiger partial charge on any atom is 0.270 e. The van der Waals surface area contributed by atoms with Gasteiger partial charge in [-0.2, -0.15) is 11.8 Å². The van der Waals surface area contributed by atoms with E-state index in [-0.39, 0.29) is 11.9 Å². The van der Waals surface area contributed by atoms with Crippen molar-refractivity contribution in [1.29, 1.82) is 0 Å². The van der Waals surface area contributed by atoms with Crippen molar-refractivity contribution >= 4 is 23.4 Å². The van der Waals surface area contributed by atoms with Crippen LogP contribution in [0.15, 0.2) is 18.3 Å². The van der Waals surface area contributed by atoms with E-state index in [1.54, 1.807) is 6.20 Å². The maximum absolute atomic E-state index is 12.3. The van der Waals surface area contributed by atoms with Gasteiger partial charge in [-0.1, -0.05) is 12.8 Å². The average Bonchev–Trinajstić information content (AvgIpc) is 2.48. The normalized spacial score (nSPS) is 22.3. The van der Waals surface area contributed by atoms with Gasteiger partial charge in [0.2, 0.25) is 0 Å². The lowest BCUT2D eigenvalue weighted by Crippen LogP contribution is -2.43. The lowest BCUT2D eigenvalue weighted by Gasteiger charge is -2.30. The Hall–Kier alpha value is -1.23. The zero-order chi connectivity index (χ0) is 14.4. The fraction of sp³-hybridized carbons (Fsp3) is 0.600. The quantitative estimate of drug-likeness (QED) is 0.876. The summed E-state index contributed by atoms with van der Waals surface area (Å²) >= 11 is 1.85. The topological polar surface area (TPSA) is 54.0 Å². The van der Waals surface area contributed by atoms with Crippen LogP contribution in [-0.4, -0.2) is 35.0 Å². The van der Waals surface area contributed by atoms with Gasteiger partial charge in [0.1, 0.15) is 5.69 Å². The maximum atomic E-state index is 12.3. The molecule has 1 aromatic rings. The highest BCUT2D eigenvalue weighted by Crippen LogP contribution is 2.27. The van der Waals surface area contributed by atoms with E-state index in [1.165, 1.54) is 19.3 Å². The Morgan fingerprint density at radius 3 is 3.00 bits per heavy atom. The van der Waals surface area contributed by atoms with E-state index >= 15 is 0 Å². The number of nitrogens with one attached hydrogen (secondary N) is 2. The average molecular weight is 293 g/mol. The second kappa shape index (κ2) is 7.53. The van der Waals surface area contributed by atoms with Crippen molar-refractivity contribution in [3.05, 3.63) is 24.0 Å². The fourth-order valence-corrected chi connectivity index (χ4v) is 3.59. The molecule has 2 atom stereocenters. The molecule has 0 radical (unpaired) electrons. The number of aromatic nitrogens is 1. The van der Waals surface area contributed by atoms with E-state index in [4.69, 9.17) is 0 Å². The standard InChI is InChI=1S/C15H23N3OS/c1-3-16-11-8-9-17-13(10-11)15(19)18-12-6-4-5-7-14(12)20-2/h8-10,12,14H,3-7H2,1-2H3,(H,16,17)(H,18,19). The Balaban J connectivity index is 2.01. The Labute approximate surface area is 125 Å². The molecule has 1 aliphatic rings. The summed E-state index contributed by atoms with van der Waals surface area (Å²) in [7, 11) is 0. The highest BCUT2D eigenvalue weighted by molar-refractivity contribution is 7.99. The first kappa shape index (κ1) is 15.2. The van der Waals surface area contributed by atoms with E-state index in [2.05, 4.69) is 21.9 Å². The molecule has 4 nitrogen and oxygen atoms in total. The third-order valence-electron chi connectivity index (χ3n) is 3.70. The van der Waals surface area contributed by atoms with Crippen LogP contribution in [0.1, 0.15) is 43.1 Å². The number of pyridine rings is 1. The molecule has 0 aromatic carbocycles. The fourth-order valence-electron chi connectivity index (χ4n) is 2.66. The van der Waals surface area contributed by atoms with Crippen LogP contribution in [0.25, 0.3) is 0 Å². The number of nitrogens with zero attached hydrogens (tertiary/aromatic N) is 1. The van der Waals surface area contributed by atoms with E-state index in [1.807, 2.05) is 30.8 Å². The number of amides is 1. The summed E-state index contributed by atoms with van der Waals surface area (Å²) in [5.74, 6) is -0.0595. The third kappa shape index (κ3) is 3.88. The van der Waals surface area contributed by atoms with Gasteiger partial charge in [0, 0.05) is 29.7 Å². The first-order valence-electron chi connectivity index (χ1n) is 7.28. The molecule has 1 saturated carbocycles. The second-order valence-electron chi connectivity index (χ2n) is 5.10. The Morgan fingerprint density at radius 1 is 1.45 bits per heavy atom. The van der Waals surface area contributed by atoms with Crippen molar-refractivity contribution in [3.8, 4) is 0 Å². The van der Waals surface area contributed by atoms with Crippen molar-refractivity contribution in [2.24, 2.45) is 0 Å². The Kier molecular flexibility index (Phi) is 5.71. The molecule has 0 saturated heterocycles. The molecule has 5 heteroatoms. The first-order chi connectivity index (χ1) is 9.74. The van der Waals surface area contributed by atoms with Crippen molar-refractivity contribution < 1.29 is 4.79 Å². The van der Waals surface area contributed by atoms with Gasteiger partial charge in [0.15, 0.2) is 0 Å². The number of thioether (sulfide) groups is 1. The van der Waals surface area contributed by atoms with Crippen LogP contribution in [0.2, 0.25) is 0 Å². The minimum Gasteiger partial charge on any atom is -0.385 e. The van der Waals surface area contributed by atoms with Crippen molar-refractivity contribution in [2.75, 3.05) is 18.1 Å². The molecule has 110 valence electrons. The van der Waals surface area contributed by atoms with Crippen LogP contribution < -0.4 is 10.6 Å². The lowest BCUT2D eigenvalue weighted by atomic mass is 9.94. The number of anilines is 1. The van der Waals surface area contributed by atoms with Gasteiger partial charge in [0.25, 0.3) is 5.91 Å². The largest absolute Gasteiger partial charge is 0.385 e. The van der Waals surface area contributed by atoms with Crippen molar-refractivity contribution in [2.45, 2.75) is 43.9 Å². The van der Waals surface area contributed by atoms with Gasteiger partial charge in [-0.25, -0.2) is 0 Å². The van der Waals surface area contributed by atoms with Gasteiger partial charge < -0.3 is 10.6 Å². The number of hydrogen-bond donors (Lipinski definition) is 2. The predicted octanol–water partition coefficient (Wildman–Crippen LogP) is 2.92. The minimum atomic E-state index is -0.0595. The predicted molar refractivity (Wildman–Crippen MR) is 85.4 cm³/mol. The molecule has 1 fully saturated rings. The SMILES string of the molecule is CCNc1ccnc(C(=O)NC2CCCCC2SC)c1. The van der Waals surface area contributed by atoms with Gasteiger partial charge in [-0.15, -0.1) is 0 Å². The van der Waals surface area contributed by atoms with Crippen LogP contribution >= 0.6 is 11.8 Å². The summed E-state index contributed by atoms with van der Waals surface area (Å²) in [4.78, 5) is 16.5. The number of carbonyl (C=O) groups excluding carboxylic acids is 1. The molecule has 1 heterocycles. The Bertz CT molecular complexity index is 452. The van der Waals surface area contributed by atoms with E-state index in [0.717, 1.165) is 18.7 Å². The Morgan fingerprint density at radius 2 is 2.25 bits per heavy atom. The minimum absolute atomic E-state index is 0.0595. The van der Waals surface area contributed by atoms with E-state index < -0.39 is 0 Å². The molecule has 0 aliphatic heterocycles. The number of carbonyl (C=O) groups is 1. The van der Waals surface area contributed by atoms with Crippen LogP contribution in [0.5, 0.6) is 0 Å². The molecule has 0 bridgehead atoms. The summed E-state index contributed by atoms with van der Waals surface area (Å²) < 4.78 is 0. The molecule has 1 amide bonds. The van der Waals surface area contributed by atoms with E-state index in [9.17, 15) is 4.79 Å². The van der Waals surface area contributed by atoms with Crippen LogP contribution in [0.3, 0.4) is 0 Å².